The highest BCUT2D eigenvalue weighted by Gasteiger charge is 2.06. The fourth-order valence-corrected chi connectivity index (χ4v) is 1.46. The molecule has 1 aromatic rings. The van der Waals surface area contributed by atoms with Crippen molar-refractivity contribution >= 4 is 23.2 Å². The maximum absolute atomic E-state index is 11.5. The molecule has 2 N–H and O–H groups in total. The lowest BCUT2D eigenvalue weighted by molar-refractivity contribution is -0.115. The summed E-state index contributed by atoms with van der Waals surface area (Å²) in [6.45, 7) is 3.04. The van der Waals surface area contributed by atoms with Gasteiger partial charge in [0.15, 0.2) is 0 Å². The summed E-state index contributed by atoms with van der Waals surface area (Å²) in [6, 6.07) is 6.77. The minimum Gasteiger partial charge on any atom is -0.324 e. The Morgan fingerprint density at radius 3 is 2.94 bits per heavy atom. The van der Waals surface area contributed by atoms with Gasteiger partial charge in [-0.15, -0.1) is 0 Å². The van der Waals surface area contributed by atoms with Gasteiger partial charge in [0.1, 0.15) is 6.07 Å². The van der Waals surface area contributed by atoms with Gasteiger partial charge in [0, 0.05) is 5.02 Å². The van der Waals surface area contributed by atoms with Gasteiger partial charge in [-0.2, -0.15) is 5.26 Å². The number of hydrogen-bond acceptors (Lipinski definition) is 3. The number of halogens is 1. The van der Waals surface area contributed by atoms with Crippen LogP contribution in [-0.4, -0.2) is 19.0 Å². The van der Waals surface area contributed by atoms with Gasteiger partial charge in [-0.3, -0.25) is 4.79 Å². The van der Waals surface area contributed by atoms with Gasteiger partial charge < -0.3 is 10.6 Å². The Bertz CT molecular complexity index is 440. The molecule has 4 nitrogen and oxygen atoms in total. The molecule has 0 unspecified atom stereocenters. The van der Waals surface area contributed by atoms with Gasteiger partial charge in [-0.1, -0.05) is 18.5 Å². The zero-order chi connectivity index (χ0) is 12.7. The number of amides is 1. The molecule has 1 rings (SSSR count). The lowest BCUT2D eigenvalue weighted by Gasteiger charge is -2.07. The Morgan fingerprint density at radius 1 is 1.53 bits per heavy atom. The summed E-state index contributed by atoms with van der Waals surface area (Å²) in [5, 5.41) is 15.0. The van der Waals surface area contributed by atoms with E-state index in [0.29, 0.717) is 16.3 Å². The third kappa shape index (κ3) is 4.43. The Balaban J connectivity index is 2.64. The number of rotatable bonds is 5. The van der Waals surface area contributed by atoms with Gasteiger partial charge in [0.05, 0.1) is 17.8 Å². The van der Waals surface area contributed by atoms with E-state index in [2.05, 4.69) is 10.6 Å². The van der Waals surface area contributed by atoms with Crippen LogP contribution >= 0.6 is 11.6 Å². The number of carbonyl (C=O) groups is 1. The van der Waals surface area contributed by atoms with E-state index in [1.165, 1.54) is 0 Å². The molecule has 0 aromatic heterocycles. The first kappa shape index (κ1) is 13.5. The van der Waals surface area contributed by atoms with Gasteiger partial charge in [-0.05, 0) is 31.2 Å². The Morgan fingerprint density at radius 2 is 2.29 bits per heavy atom. The molecular formula is C12H14ClN3O. The van der Waals surface area contributed by atoms with Gasteiger partial charge in [-0.25, -0.2) is 0 Å². The van der Waals surface area contributed by atoms with E-state index in [1.54, 1.807) is 18.2 Å². The van der Waals surface area contributed by atoms with Gasteiger partial charge >= 0.3 is 0 Å². The van der Waals surface area contributed by atoms with E-state index < -0.39 is 0 Å². The van der Waals surface area contributed by atoms with Crippen molar-refractivity contribution in [3.63, 3.8) is 0 Å². The fourth-order valence-electron chi connectivity index (χ4n) is 1.29. The molecule has 0 atom stereocenters. The van der Waals surface area contributed by atoms with E-state index in [9.17, 15) is 4.79 Å². The van der Waals surface area contributed by atoms with Gasteiger partial charge in [0.25, 0.3) is 0 Å². The second-order valence-corrected chi connectivity index (χ2v) is 3.96. The second kappa shape index (κ2) is 6.89. The van der Waals surface area contributed by atoms with Crippen molar-refractivity contribution in [2.45, 2.75) is 13.3 Å². The quantitative estimate of drug-likeness (QED) is 0.788. The van der Waals surface area contributed by atoms with Crippen LogP contribution in [0.25, 0.3) is 0 Å². The number of hydrogen-bond donors (Lipinski definition) is 2. The number of nitrogens with zero attached hydrogens (tertiary/aromatic N) is 1. The van der Waals surface area contributed by atoms with Crippen molar-refractivity contribution in [3.05, 3.63) is 28.8 Å². The minimum absolute atomic E-state index is 0.183. The maximum Gasteiger partial charge on any atom is 0.238 e. The van der Waals surface area contributed by atoms with Crippen LogP contribution in [0.3, 0.4) is 0 Å². The molecule has 0 saturated carbocycles. The van der Waals surface area contributed by atoms with Gasteiger partial charge in [0.2, 0.25) is 5.91 Å². The summed E-state index contributed by atoms with van der Waals surface area (Å²) in [6.07, 6.45) is 0.966. The first-order valence-electron chi connectivity index (χ1n) is 5.37. The normalized spacial score (nSPS) is 9.71. The van der Waals surface area contributed by atoms with Crippen LogP contribution in [0.2, 0.25) is 5.02 Å². The molecule has 0 fully saturated rings. The SMILES string of the molecule is CCCNCC(=O)Nc1cc(Cl)ccc1C#N. The smallest absolute Gasteiger partial charge is 0.238 e. The summed E-state index contributed by atoms with van der Waals surface area (Å²) in [7, 11) is 0. The number of benzene rings is 1. The van der Waals surface area contributed by atoms with Crippen molar-refractivity contribution in [3.8, 4) is 6.07 Å². The Hall–Kier alpha value is -1.57. The van der Waals surface area contributed by atoms with Crippen LogP contribution in [0, 0.1) is 11.3 Å². The highest BCUT2D eigenvalue weighted by atomic mass is 35.5. The fraction of sp³-hybridized carbons (Fsp3) is 0.333. The molecule has 0 bridgehead atoms. The summed E-state index contributed by atoms with van der Waals surface area (Å²) in [5.41, 5.74) is 0.849. The van der Waals surface area contributed by atoms with E-state index >= 15 is 0 Å². The van der Waals surface area contributed by atoms with E-state index in [-0.39, 0.29) is 12.5 Å². The van der Waals surface area contributed by atoms with Crippen LogP contribution < -0.4 is 10.6 Å². The average Bonchev–Trinajstić information content (AvgIpc) is 2.29. The minimum atomic E-state index is -0.183. The predicted octanol–water partition coefficient (Wildman–Crippen LogP) is 2.15. The van der Waals surface area contributed by atoms with E-state index in [4.69, 9.17) is 16.9 Å². The third-order valence-corrected chi connectivity index (χ3v) is 2.32. The summed E-state index contributed by atoms with van der Waals surface area (Å²) < 4.78 is 0. The van der Waals surface area contributed by atoms with Crippen molar-refractivity contribution < 1.29 is 4.79 Å². The predicted molar refractivity (Wildman–Crippen MR) is 68.0 cm³/mol. The molecule has 1 aromatic carbocycles. The molecule has 90 valence electrons. The molecule has 0 radical (unpaired) electrons. The lowest BCUT2D eigenvalue weighted by Crippen LogP contribution is -2.28. The average molecular weight is 252 g/mol. The van der Waals surface area contributed by atoms with Crippen molar-refractivity contribution in [2.75, 3.05) is 18.4 Å². The third-order valence-electron chi connectivity index (χ3n) is 2.09. The van der Waals surface area contributed by atoms with Crippen LogP contribution in [0.15, 0.2) is 18.2 Å². The van der Waals surface area contributed by atoms with Crippen LogP contribution in [0.5, 0.6) is 0 Å². The molecule has 1 amide bonds. The topological polar surface area (TPSA) is 64.9 Å². The number of carbonyl (C=O) groups excluding carboxylic acids is 1. The molecule has 0 aliphatic carbocycles. The molecule has 0 spiro atoms. The van der Waals surface area contributed by atoms with Crippen LogP contribution in [0.1, 0.15) is 18.9 Å². The summed E-state index contributed by atoms with van der Waals surface area (Å²) >= 11 is 5.81. The molecule has 0 aliphatic rings. The standard InChI is InChI=1S/C12H14ClN3O/c1-2-5-15-8-12(17)16-11-6-10(13)4-3-9(11)7-14/h3-4,6,15H,2,5,8H2,1H3,(H,16,17). The molecule has 5 heteroatoms. The monoisotopic (exact) mass is 251 g/mol. The lowest BCUT2D eigenvalue weighted by atomic mass is 10.2. The number of nitrogens with one attached hydrogen (secondary N) is 2. The van der Waals surface area contributed by atoms with Crippen molar-refractivity contribution in [1.29, 1.82) is 5.26 Å². The highest BCUT2D eigenvalue weighted by molar-refractivity contribution is 6.31. The highest BCUT2D eigenvalue weighted by Crippen LogP contribution is 2.20. The largest absolute Gasteiger partial charge is 0.324 e. The van der Waals surface area contributed by atoms with Crippen molar-refractivity contribution in [1.82, 2.24) is 5.32 Å². The molecule has 0 saturated heterocycles. The van der Waals surface area contributed by atoms with Crippen LogP contribution in [-0.2, 0) is 4.79 Å². The van der Waals surface area contributed by atoms with E-state index in [1.807, 2.05) is 13.0 Å². The first-order chi connectivity index (χ1) is 8.17. The molecule has 0 aliphatic heterocycles. The zero-order valence-corrected chi connectivity index (χ0v) is 10.3. The van der Waals surface area contributed by atoms with E-state index in [0.717, 1.165) is 13.0 Å². The van der Waals surface area contributed by atoms with Crippen LogP contribution in [0.4, 0.5) is 5.69 Å². The van der Waals surface area contributed by atoms with Crippen molar-refractivity contribution in [2.24, 2.45) is 0 Å². The number of nitriles is 1. The summed E-state index contributed by atoms with van der Waals surface area (Å²) in [4.78, 5) is 11.5. The Kier molecular flexibility index (Phi) is 5.47. The number of anilines is 1. The second-order valence-electron chi connectivity index (χ2n) is 3.53. The molecule has 0 heterocycles. The molecular weight excluding hydrogens is 238 g/mol. The first-order valence-corrected chi connectivity index (χ1v) is 5.75. The maximum atomic E-state index is 11.5. The zero-order valence-electron chi connectivity index (χ0n) is 9.59. The summed E-state index contributed by atoms with van der Waals surface area (Å²) in [5.74, 6) is -0.183. The Labute approximate surface area is 106 Å². The molecule has 17 heavy (non-hydrogen) atoms.